The van der Waals surface area contributed by atoms with E-state index in [1.165, 1.54) is 41.5 Å². The normalized spacial score (nSPS) is 14.3. The molecule has 2 heterocycles. The Balaban J connectivity index is 1.75. The summed E-state index contributed by atoms with van der Waals surface area (Å²) in [6.45, 7) is 3.23. The van der Waals surface area contributed by atoms with Crippen LogP contribution in [0.15, 0.2) is 0 Å². The Morgan fingerprint density at radius 1 is 1.09 bits per heavy atom. The summed E-state index contributed by atoms with van der Waals surface area (Å²) >= 11 is 1.86. The van der Waals surface area contributed by atoms with E-state index >= 15 is 0 Å². The second-order valence-electron chi connectivity index (χ2n) is 6.08. The van der Waals surface area contributed by atoms with Gasteiger partial charge in [0.05, 0.1) is 5.39 Å². The number of anilines is 1. The molecule has 0 amide bonds. The third-order valence-electron chi connectivity index (χ3n) is 4.30. The van der Waals surface area contributed by atoms with Gasteiger partial charge in [0.1, 0.15) is 16.5 Å². The summed E-state index contributed by atoms with van der Waals surface area (Å²) in [5, 5.41) is 13.6. The van der Waals surface area contributed by atoms with Crippen molar-refractivity contribution in [2.24, 2.45) is 0 Å². The minimum Gasteiger partial charge on any atom is -0.396 e. The molecule has 1 aliphatic carbocycles. The maximum atomic E-state index is 8.81. The lowest BCUT2D eigenvalue weighted by Gasteiger charge is -2.13. The summed E-state index contributed by atoms with van der Waals surface area (Å²) in [4.78, 5) is 12.0. The van der Waals surface area contributed by atoms with E-state index < -0.39 is 0 Å². The van der Waals surface area contributed by atoms with Gasteiger partial charge in [-0.2, -0.15) is 0 Å². The molecule has 4 nitrogen and oxygen atoms in total. The number of aryl methyl sites for hydroxylation is 3. The molecule has 0 unspecified atom stereocenters. The number of unbranched alkanes of at least 4 members (excludes halogenated alkanes) is 3. The van der Waals surface area contributed by atoms with Crippen LogP contribution in [0.5, 0.6) is 0 Å². The molecule has 0 saturated heterocycles. The SMILES string of the molecule is Cc1nc(NCCCCCCO)c2c3c(sc2n1)CCCC3. The van der Waals surface area contributed by atoms with Crippen LogP contribution in [0.2, 0.25) is 0 Å². The Morgan fingerprint density at radius 3 is 2.77 bits per heavy atom. The number of fused-ring (bicyclic) bond motifs is 3. The third kappa shape index (κ3) is 3.41. The van der Waals surface area contributed by atoms with Gasteiger partial charge >= 0.3 is 0 Å². The summed E-state index contributed by atoms with van der Waals surface area (Å²) in [6, 6.07) is 0. The van der Waals surface area contributed by atoms with Crippen LogP contribution in [-0.4, -0.2) is 28.2 Å². The molecule has 120 valence electrons. The zero-order valence-electron chi connectivity index (χ0n) is 13.3. The molecule has 2 N–H and O–H groups in total. The number of rotatable bonds is 7. The van der Waals surface area contributed by atoms with Crippen LogP contribution in [0.4, 0.5) is 5.82 Å². The molecule has 0 spiro atoms. The predicted octanol–water partition coefficient (Wildman–Crippen LogP) is 3.84. The zero-order valence-corrected chi connectivity index (χ0v) is 14.1. The highest BCUT2D eigenvalue weighted by molar-refractivity contribution is 7.19. The number of hydrogen-bond acceptors (Lipinski definition) is 5. The molecule has 2 aromatic rings. The van der Waals surface area contributed by atoms with Gasteiger partial charge in [-0.05, 0) is 51.0 Å². The molecule has 0 radical (unpaired) electrons. The average Bonchev–Trinajstić information content (AvgIpc) is 2.88. The molecule has 1 aliphatic rings. The highest BCUT2D eigenvalue weighted by Crippen LogP contribution is 2.38. The molecule has 0 saturated carbocycles. The van der Waals surface area contributed by atoms with Crippen molar-refractivity contribution in [1.29, 1.82) is 0 Å². The maximum Gasteiger partial charge on any atom is 0.138 e. The fourth-order valence-corrected chi connectivity index (χ4v) is 4.50. The van der Waals surface area contributed by atoms with Crippen LogP contribution in [0.1, 0.15) is 54.8 Å². The Hall–Kier alpha value is -1.20. The van der Waals surface area contributed by atoms with Crippen LogP contribution in [0.25, 0.3) is 10.2 Å². The molecule has 0 aromatic carbocycles. The highest BCUT2D eigenvalue weighted by atomic mass is 32.1. The van der Waals surface area contributed by atoms with E-state index in [2.05, 4.69) is 15.3 Å². The van der Waals surface area contributed by atoms with Gasteiger partial charge < -0.3 is 10.4 Å². The maximum absolute atomic E-state index is 8.81. The second kappa shape index (κ2) is 7.38. The average molecular weight is 319 g/mol. The molecule has 0 aliphatic heterocycles. The summed E-state index contributed by atoms with van der Waals surface area (Å²) in [6.07, 6.45) is 9.26. The van der Waals surface area contributed by atoms with Gasteiger partial charge in [0.25, 0.3) is 0 Å². The lowest BCUT2D eigenvalue weighted by Crippen LogP contribution is -2.07. The van der Waals surface area contributed by atoms with Crippen LogP contribution in [0, 0.1) is 6.92 Å². The highest BCUT2D eigenvalue weighted by Gasteiger charge is 2.20. The first-order chi connectivity index (χ1) is 10.8. The number of aliphatic hydroxyl groups excluding tert-OH is 1. The second-order valence-corrected chi connectivity index (χ2v) is 7.16. The van der Waals surface area contributed by atoms with E-state index in [1.54, 1.807) is 0 Å². The molecular formula is C17H25N3OS. The Kier molecular flexibility index (Phi) is 5.26. The van der Waals surface area contributed by atoms with Crippen molar-refractivity contribution < 1.29 is 5.11 Å². The standard InChI is InChI=1S/C17H25N3OS/c1-12-19-16(18-10-6-2-3-7-11-21)15-13-8-4-5-9-14(13)22-17(15)20-12/h21H,2-11H2,1H3,(H,18,19,20). The number of thiophene rings is 1. The first kappa shape index (κ1) is 15.7. The van der Waals surface area contributed by atoms with E-state index in [4.69, 9.17) is 5.11 Å². The predicted molar refractivity (Wildman–Crippen MR) is 92.8 cm³/mol. The fraction of sp³-hybridized carbons (Fsp3) is 0.647. The molecule has 0 atom stereocenters. The van der Waals surface area contributed by atoms with Gasteiger partial charge in [-0.15, -0.1) is 11.3 Å². The molecule has 0 bridgehead atoms. The third-order valence-corrected chi connectivity index (χ3v) is 5.49. The van der Waals surface area contributed by atoms with E-state index in [0.29, 0.717) is 6.61 Å². The number of nitrogens with zero attached hydrogens (tertiary/aromatic N) is 2. The molecule has 2 aromatic heterocycles. The van der Waals surface area contributed by atoms with E-state index in [1.807, 2.05) is 18.3 Å². The van der Waals surface area contributed by atoms with Crippen molar-refractivity contribution in [1.82, 2.24) is 9.97 Å². The van der Waals surface area contributed by atoms with Gasteiger partial charge in [-0.3, -0.25) is 0 Å². The quantitative estimate of drug-likeness (QED) is 0.761. The first-order valence-electron chi connectivity index (χ1n) is 8.43. The van der Waals surface area contributed by atoms with Crippen molar-refractivity contribution in [3.8, 4) is 0 Å². The van der Waals surface area contributed by atoms with Crippen molar-refractivity contribution in [2.45, 2.75) is 58.3 Å². The molecular weight excluding hydrogens is 294 g/mol. The number of hydrogen-bond donors (Lipinski definition) is 2. The monoisotopic (exact) mass is 319 g/mol. The van der Waals surface area contributed by atoms with Crippen molar-refractivity contribution in [3.63, 3.8) is 0 Å². The summed E-state index contributed by atoms with van der Waals surface area (Å²) < 4.78 is 0. The molecule has 5 heteroatoms. The van der Waals surface area contributed by atoms with E-state index in [9.17, 15) is 0 Å². The van der Waals surface area contributed by atoms with Crippen LogP contribution in [0.3, 0.4) is 0 Å². The van der Waals surface area contributed by atoms with E-state index in [0.717, 1.165) is 48.7 Å². The lowest BCUT2D eigenvalue weighted by atomic mass is 9.97. The van der Waals surface area contributed by atoms with Crippen LogP contribution in [-0.2, 0) is 12.8 Å². The van der Waals surface area contributed by atoms with Crippen molar-refractivity contribution >= 4 is 27.4 Å². The van der Waals surface area contributed by atoms with Gasteiger partial charge in [0.15, 0.2) is 0 Å². The largest absolute Gasteiger partial charge is 0.396 e. The summed E-state index contributed by atoms with van der Waals surface area (Å²) in [5.74, 6) is 1.89. The first-order valence-corrected chi connectivity index (χ1v) is 9.25. The van der Waals surface area contributed by atoms with E-state index in [-0.39, 0.29) is 0 Å². The Bertz CT molecular complexity index is 638. The van der Waals surface area contributed by atoms with Gasteiger partial charge in [0.2, 0.25) is 0 Å². The number of nitrogens with one attached hydrogen (secondary N) is 1. The Labute approximate surface area is 136 Å². The van der Waals surface area contributed by atoms with Gasteiger partial charge in [-0.25, -0.2) is 9.97 Å². The zero-order chi connectivity index (χ0) is 15.4. The summed E-state index contributed by atoms with van der Waals surface area (Å²) in [5.41, 5.74) is 1.49. The number of aliphatic hydroxyl groups is 1. The summed E-state index contributed by atoms with van der Waals surface area (Å²) in [7, 11) is 0. The minimum absolute atomic E-state index is 0.306. The number of aromatic nitrogens is 2. The van der Waals surface area contributed by atoms with Crippen molar-refractivity contribution in [3.05, 3.63) is 16.3 Å². The smallest absolute Gasteiger partial charge is 0.138 e. The van der Waals surface area contributed by atoms with Crippen LogP contribution < -0.4 is 5.32 Å². The van der Waals surface area contributed by atoms with Crippen LogP contribution >= 0.6 is 11.3 Å². The Morgan fingerprint density at radius 2 is 1.91 bits per heavy atom. The topological polar surface area (TPSA) is 58.0 Å². The van der Waals surface area contributed by atoms with Gasteiger partial charge in [0, 0.05) is 18.0 Å². The van der Waals surface area contributed by atoms with Gasteiger partial charge in [-0.1, -0.05) is 12.8 Å². The van der Waals surface area contributed by atoms with Crippen molar-refractivity contribution in [2.75, 3.05) is 18.5 Å². The fourth-order valence-electron chi connectivity index (χ4n) is 3.19. The lowest BCUT2D eigenvalue weighted by molar-refractivity contribution is 0.283. The molecule has 3 rings (SSSR count). The molecule has 0 fully saturated rings. The minimum atomic E-state index is 0.306. The molecule has 22 heavy (non-hydrogen) atoms.